The van der Waals surface area contributed by atoms with Crippen molar-refractivity contribution in [1.82, 2.24) is 4.98 Å². The fraction of sp³-hybridized carbons (Fsp3) is 0.231. The lowest BCUT2D eigenvalue weighted by atomic mass is 10.2. The van der Waals surface area contributed by atoms with Gasteiger partial charge in [0, 0.05) is 18.6 Å². The molecular weight excluding hydrogens is 282 g/mol. The number of nitrogens with one attached hydrogen (secondary N) is 1. The number of benzene rings is 1. The number of rotatable bonds is 5. The second-order valence-corrected chi connectivity index (χ2v) is 5.55. The van der Waals surface area contributed by atoms with Gasteiger partial charge in [-0.2, -0.15) is 0 Å². The average Bonchev–Trinajstić information content (AvgIpc) is 2.76. The minimum Gasteiger partial charge on any atom is -0.383 e. The van der Waals surface area contributed by atoms with E-state index in [1.54, 1.807) is 7.11 Å². The number of hydrogen-bond donors (Lipinski definition) is 2. The van der Waals surface area contributed by atoms with Crippen LogP contribution in [0.4, 0.5) is 0 Å². The van der Waals surface area contributed by atoms with Crippen LogP contribution >= 0.6 is 22.9 Å². The van der Waals surface area contributed by atoms with Gasteiger partial charge in [0.05, 0.1) is 22.2 Å². The Morgan fingerprint density at radius 1 is 1.42 bits per heavy atom. The van der Waals surface area contributed by atoms with Gasteiger partial charge >= 0.3 is 0 Å². The third-order valence-corrected chi connectivity index (χ3v) is 3.92. The normalized spacial score (nSPS) is 10.6. The van der Waals surface area contributed by atoms with Crippen LogP contribution in [-0.2, 0) is 17.8 Å². The van der Waals surface area contributed by atoms with Crippen LogP contribution in [0.25, 0.3) is 0 Å². The van der Waals surface area contributed by atoms with E-state index >= 15 is 0 Å². The average molecular weight is 296 g/mol. The summed E-state index contributed by atoms with van der Waals surface area (Å²) in [6, 6.07) is 7.64. The Hall–Kier alpha value is -1.43. The molecule has 1 aromatic carbocycles. The molecule has 100 valence electrons. The van der Waals surface area contributed by atoms with E-state index in [9.17, 15) is 0 Å². The number of thiazole rings is 1. The summed E-state index contributed by atoms with van der Waals surface area (Å²) in [6.07, 6.45) is 0.700. The van der Waals surface area contributed by atoms with E-state index in [-0.39, 0.29) is 5.84 Å². The van der Waals surface area contributed by atoms with Gasteiger partial charge in [-0.1, -0.05) is 23.7 Å². The summed E-state index contributed by atoms with van der Waals surface area (Å²) in [6.45, 7) is 0.367. The van der Waals surface area contributed by atoms with Crippen LogP contribution < -0.4 is 5.73 Å². The first-order valence-electron chi connectivity index (χ1n) is 5.66. The van der Waals surface area contributed by atoms with Crippen LogP contribution in [0.5, 0.6) is 0 Å². The Kier molecular flexibility index (Phi) is 4.52. The lowest BCUT2D eigenvalue weighted by Crippen LogP contribution is -2.11. The van der Waals surface area contributed by atoms with E-state index in [4.69, 9.17) is 27.5 Å². The van der Waals surface area contributed by atoms with Gasteiger partial charge in [0.15, 0.2) is 0 Å². The fourth-order valence-electron chi connectivity index (χ4n) is 1.70. The SMILES string of the molecule is COCc1nc(Cc2ccc(Cl)cc2)sc1C(=N)N. The Morgan fingerprint density at radius 3 is 2.68 bits per heavy atom. The molecule has 0 fully saturated rings. The Balaban J connectivity index is 2.23. The molecule has 0 unspecified atom stereocenters. The highest BCUT2D eigenvalue weighted by atomic mass is 35.5. The topological polar surface area (TPSA) is 72.0 Å². The number of nitrogens with zero attached hydrogens (tertiary/aromatic N) is 1. The maximum atomic E-state index is 7.55. The number of nitrogens with two attached hydrogens (primary N) is 1. The molecule has 19 heavy (non-hydrogen) atoms. The third-order valence-electron chi connectivity index (χ3n) is 2.54. The maximum Gasteiger partial charge on any atom is 0.135 e. The van der Waals surface area contributed by atoms with Gasteiger partial charge in [-0.05, 0) is 17.7 Å². The van der Waals surface area contributed by atoms with Crippen LogP contribution in [0, 0.1) is 5.41 Å². The fourth-order valence-corrected chi connectivity index (χ4v) is 2.79. The lowest BCUT2D eigenvalue weighted by molar-refractivity contribution is 0.182. The summed E-state index contributed by atoms with van der Waals surface area (Å²) in [7, 11) is 1.60. The molecule has 0 aliphatic carbocycles. The van der Waals surface area contributed by atoms with Crippen molar-refractivity contribution in [3.8, 4) is 0 Å². The Labute approximate surface area is 120 Å². The van der Waals surface area contributed by atoms with Crippen molar-refractivity contribution in [2.45, 2.75) is 13.0 Å². The number of nitrogen functional groups attached to an aromatic ring is 1. The minimum absolute atomic E-state index is 0.0342. The third kappa shape index (κ3) is 3.53. The van der Waals surface area contributed by atoms with Crippen molar-refractivity contribution in [1.29, 1.82) is 5.41 Å². The lowest BCUT2D eigenvalue weighted by Gasteiger charge is -1.98. The van der Waals surface area contributed by atoms with Gasteiger partial charge in [-0.15, -0.1) is 11.3 Å². The summed E-state index contributed by atoms with van der Waals surface area (Å²) < 4.78 is 5.07. The van der Waals surface area contributed by atoms with Crippen molar-refractivity contribution in [3.05, 3.63) is 50.4 Å². The molecule has 2 rings (SSSR count). The molecule has 0 aliphatic rings. The second kappa shape index (κ2) is 6.14. The zero-order valence-corrected chi connectivity index (χ0v) is 12.0. The maximum absolute atomic E-state index is 7.55. The first kappa shape index (κ1) is 14.0. The summed E-state index contributed by atoms with van der Waals surface area (Å²) in [5.41, 5.74) is 7.40. The largest absolute Gasteiger partial charge is 0.383 e. The van der Waals surface area contributed by atoms with Crippen molar-refractivity contribution in [2.24, 2.45) is 5.73 Å². The van der Waals surface area contributed by atoms with E-state index in [2.05, 4.69) is 4.98 Å². The van der Waals surface area contributed by atoms with E-state index in [0.29, 0.717) is 22.9 Å². The predicted octanol–water partition coefficient (Wildman–Crippen LogP) is 2.82. The first-order valence-corrected chi connectivity index (χ1v) is 6.86. The summed E-state index contributed by atoms with van der Waals surface area (Å²) >= 11 is 7.29. The highest BCUT2D eigenvalue weighted by molar-refractivity contribution is 7.13. The quantitative estimate of drug-likeness (QED) is 0.658. The molecule has 0 amide bonds. The van der Waals surface area contributed by atoms with Crippen LogP contribution in [-0.4, -0.2) is 17.9 Å². The predicted molar refractivity (Wildman–Crippen MR) is 78.1 cm³/mol. The van der Waals surface area contributed by atoms with E-state index < -0.39 is 0 Å². The zero-order chi connectivity index (χ0) is 13.8. The van der Waals surface area contributed by atoms with E-state index in [0.717, 1.165) is 16.3 Å². The summed E-state index contributed by atoms with van der Waals surface area (Å²) in [5.74, 6) is 0.0342. The number of amidine groups is 1. The van der Waals surface area contributed by atoms with Crippen molar-refractivity contribution < 1.29 is 4.74 Å². The van der Waals surface area contributed by atoms with Gasteiger partial charge in [0.25, 0.3) is 0 Å². The molecule has 0 saturated carbocycles. The first-order chi connectivity index (χ1) is 9.10. The number of aromatic nitrogens is 1. The summed E-state index contributed by atoms with van der Waals surface area (Å²) in [5, 5.41) is 9.18. The smallest absolute Gasteiger partial charge is 0.135 e. The van der Waals surface area contributed by atoms with Gasteiger partial charge in [0.1, 0.15) is 5.84 Å². The monoisotopic (exact) mass is 295 g/mol. The highest BCUT2D eigenvalue weighted by Gasteiger charge is 2.13. The standard InChI is InChI=1S/C13H14ClN3OS/c1-18-7-10-12(13(15)16)19-11(17-10)6-8-2-4-9(14)5-3-8/h2-5H,6-7H2,1H3,(H3,15,16). The molecule has 3 N–H and O–H groups in total. The summed E-state index contributed by atoms with van der Waals surface area (Å²) in [4.78, 5) is 5.16. The molecule has 0 atom stereocenters. The molecule has 1 aromatic heterocycles. The van der Waals surface area contributed by atoms with Crippen LogP contribution in [0.2, 0.25) is 5.02 Å². The van der Waals surface area contributed by atoms with Gasteiger partial charge < -0.3 is 10.5 Å². The van der Waals surface area contributed by atoms with Crippen LogP contribution in [0.3, 0.4) is 0 Å². The molecule has 6 heteroatoms. The van der Waals surface area contributed by atoms with Crippen molar-refractivity contribution in [3.63, 3.8) is 0 Å². The molecule has 1 heterocycles. The van der Waals surface area contributed by atoms with Gasteiger partial charge in [-0.3, -0.25) is 5.41 Å². The zero-order valence-electron chi connectivity index (χ0n) is 10.4. The van der Waals surface area contributed by atoms with Crippen LogP contribution in [0.15, 0.2) is 24.3 Å². The molecule has 0 aliphatic heterocycles. The van der Waals surface area contributed by atoms with Gasteiger partial charge in [-0.25, -0.2) is 4.98 Å². The molecule has 4 nitrogen and oxygen atoms in total. The molecule has 0 saturated heterocycles. The Bertz CT molecular complexity index is 580. The Morgan fingerprint density at radius 2 is 2.11 bits per heavy atom. The molecular formula is C13H14ClN3OS. The second-order valence-electron chi connectivity index (χ2n) is 4.03. The van der Waals surface area contributed by atoms with Gasteiger partial charge in [0.2, 0.25) is 0 Å². The molecule has 2 aromatic rings. The van der Waals surface area contributed by atoms with E-state index in [1.807, 2.05) is 24.3 Å². The molecule has 0 radical (unpaired) electrons. The number of halogens is 1. The highest BCUT2D eigenvalue weighted by Crippen LogP contribution is 2.22. The van der Waals surface area contributed by atoms with Crippen molar-refractivity contribution >= 4 is 28.8 Å². The number of hydrogen-bond acceptors (Lipinski definition) is 4. The number of ether oxygens (including phenoxy) is 1. The van der Waals surface area contributed by atoms with Crippen LogP contribution in [0.1, 0.15) is 21.1 Å². The minimum atomic E-state index is 0.0342. The van der Waals surface area contributed by atoms with Crippen molar-refractivity contribution in [2.75, 3.05) is 7.11 Å². The number of methoxy groups -OCH3 is 1. The molecule has 0 bridgehead atoms. The molecule has 0 spiro atoms. The van der Waals surface area contributed by atoms with E-state index in [1.165, 1.54) is 11.3 Å².